The summed E-state index contributed by atoms with van der Waals surface area (Å²) in [5, 5.41) is 8.88. The van der Waals surface area contributed by atoms with Gasteiger partial charge in [0, 0.05) is 17.2 Å². The van der Waals surface area contributed by atoms with Gasteiger partial charge in [0.05, 0.1) is 18.3 Å². The molecule has 0 aliphatic carbocycles. The number of halogens is 1. The van der Waals surface area contributed by atoms with Gasteiger partial charge in [-0.2, -0.15) is 0 Å². The lowest BCUT2D eigenvalue weighted by Crippen LogP contribution is -2.43. The highest BCUT2D eigenvalue weighted by Crippen LogP contribution is 2.42. The molecule has 5 rings (SSSR count). The van der Waals surface area contributed by atoms with Gasteiger partial charge in [0.2, 0.25) is 0 Å². The molecule has 126 valence electrons. The maximum atomic E-state index is 14.7. The summed E-state index contributed by atoms with van der Waals surface area (Å²) in [6.07, 6.45) is 2.28. The first-order valence-electron chi connectivity index (χ1n) is 8.82. The normalized spacial score (nSPS) is 22.6. The minimum absolute atomic E-state index is 0.132. The van der Waals surface area contributed by atoms with Crippen molar-refractivity contribution in [3.8, 4) is 11.3 Å². The zero-order chi connectivity index (χ0) is 16.8. The minimum Gasteiger partial charge on any atom is -0.286 e. The van der Waals surface area contributed by atoms with Crippen LogP contribution in [-0.4, -0.2) is 32.5 Å². The van der Waals surface area contributed by atoms with Crippen LogP contribution in [0.1, 0.15) is 30.1 Å². The van der Waals surface area contributed by atoms with E-state index in [0.717, 1.165) is 48.4 Å². The van der Waals surface area contributed by atoms with Gasteiger partial charge in [0.25, 0.3) is 0 Å². The predicted molar refractivity (Wildman–Crippen MR) is 93.4 cm³/mol. The lowest BCUT2D eigenvalue weighted by Gasteiger charge is -2.38. The third kappa shape index (κ3) is 2.30. The minimum atomic E-state index is -0.160. The maximum absolute atomic E-state index is 14.7. The van der Waals surface area contributed by atoms with Gasteiger partial charge >= 0.3 is 0 Å². The van der Waals surface area contributed by atoms with E-state index in [-0.39, 0.29) is 11.9 Å². The van der Waals surface area contributed by atoms with Crippen molar-refractivity contribution in [1.82, 2.24) is 19.9 Å². The standard InChI is InChI=1S/C20H19FN4/c21-17-11-5-4-10-16(17)19-20-18(14-7-2-1-3-8-14)22-23-25(20)13-15-9-6-12-24(15)19/h1-5,7-8,10-11,15,19H,6,9,12-13H2/t15-,19-/m0/s1. The van der Waals surface area contributed by atoms with Crippen molar-refractivity contribution in [1.29, 1.82) is 0 Å². The molecule has 2 aliphatic heterocycles. The Morgan fingerprint density at radius 3 is 2.64 bits per heavy atom. The van der Waals surface area contributed by atoms with E-state index in [1.165, 1.54) is 0 Å². The van der Waals surface area contributed by atoms with Crippen LogP contribution in [0.4, 0.5) is 4.39 Å². The highest BCUT2D eigenvalue weighted by Gasteiger charge is 2.41. The first kappa shape index (κ1) is 14.8. The fraction of sp³-hybridized carbons (Fsp3) is 0.300. The quantitative estimate of drug-likeness (QED) is 0.717. The zero-order valence-electron chi connectivity index (χ0n) is 13.8. The molecule has 0 radical (unpaired) electrons. The molecule has 0 unspecified atom stereocenters. The van der Waals surface area contributed by atoms with E-state index in [2.05, 4.69) is 15.2 Å². The number of hydrogen-bond donors (Lipinski definition) is 0. The molecule has 4 nitrogen and oxygen atoms in total. The number of nitrogens with zero attached hydrogens (tertiary/aromatic N) is 4. The van der Waals surface area contributed by atoms with Crippen LogP contribution in [0.15, 0.2) is 54.6 Å². The summed E-state index contributed by atoms with van der Waals surface area (Å²) >= 11 is 0. The molecule has 0 saturated carbocycles. The Bertz CT molecular complexity index is 905. The van der Waals surface area contributed by atoms with Crippen LogP contribution in [0, 0.1) is 5.82 Å². The van der Waals surface area contributed by atoms with Crippen molar-refractivity contribution in [2.24, 2.45) is 0 Å². The Hall–Kier alpha value is -2.53. The lowest BCUT2D eigenvalue weighted by molar-refractivity contribution is 0.144. The smallest absolute Gasteiger partial charge is 0.128 e. The highest BCUT2D eigenvalue weighted by atomic mass is 19.1. The Kier molecular flexibility index (Phi) is 3.41. The molecule has 1 saturated heterocycles. The summed E-state index contributed by atoms with van der Waals surface area (Å²) in [4.78, 5) is 2.43. The fourth-order valence-electron chi connectivity index (χ4n) is 4.30. The Morgan fingerprint density at radius 1 is 1.00 bits per heavy atom. The molecule has 3 heterocycles. The second kappa shape index (κ2) is 5.77. The molecule has 1 fully saturated rings. The fourth-order valence-corrected chi connectivity index (χ4v) is 4.30. The van der Waals surface area contributed by atoms with Gasteiger partial charge in [0.1, 0.15) is 11.5 Å². The molecule has 2 aromatic carbocycles. The number of benzene rings is 2. The van der Waals surface area contributed by atoms with Crippen molar-refractivity contribution in [2.45, 2.75) is 31.5 Å². The van der Waals surface area contributed by atoms with Crippen molar-refractivity contribution >= 4 is 0 Å². The molecule has 0 N–H and O–H groups in total. The van der Waals surface area contributed by atoms with E-state index >= 15 is 0 Å². The summed E-state index contributed by atoms with van der Waals surface area (Å²) < 4.78 is 16.7. The van der Waals surface area contributed by atoms with E-state index in [1.54, 1.807) is 12.1 Å². The maximum Gasteiger partial charge on any atom is 0.128 e. The van der Waals surface area contributed by atoms with Gasteiger partial charge in [-0.15, -0.1) is 5.10 Å². The van der Waals surface area contributed by atoms with Crippen LogP contribution in [-0.2, 0) is 6.54 Å². The second-order valence-corrected chi connectivity index (χ2v) is 6.83. The lowest BCUT2D eigenvalue weighted by atomic mass is 9.94. The van der Waals surface area contributed by atoms with Crippen LogP contribution in [0.5, 0.6) is 0 Å². The SMILES string of the molecule is Fc1ccccc1[C@H]1c2c(-c3ccccc3)nnn2C[C@@H]2CCCN21. The largest absolute Gasteiger partial charge is 0.286 e. The Morgan fingerprint density at radius 2 is 1.80 bits per heavy atom. The number of rotatable bonds is 2. The summed E-state index contributed by atoms with van der Waals surface area (Å²) in [6, 6.07) is 17.4. The van der Waals surface area contributed by atoms with Crippen molar-refractivity contribution in [2.75, 3.05) is 6.54 Å². The van der Waals surface area contributed by atoms with Gasteiger partial charge in [0.15, 0.2) is 0 Å². The van der Waals surface area contributed by atoms with Crippen LogP contribution in [0.25, 0.3) is 11.3 Å². The molecule has 3 aromatic rings. The van der Waals surface area contributed by atoms with E-state index in [4.69, 9.17) is 0 Å². The van der Waals surface area contributed by atoms with Crippen LogP contribution in [0.3, 0.4) is 0 Å². The molecule has 1 aromatic heterocycles. The monoisotopic (exact) mass is 334 g/mol. The first-order chi connectivity index (χ1) is 12.3. The predicted octanol–water partition coefficient (Wildman–Crippen LogP) is 3.65. The second-order valence-electron chi connectivity index (χ2n) is 6.83. The summed E-state index contributed by atoms with van der Waals surface area (Å²) in [5.41, 5.74) is 3.62. The molecular weight excluding hydrogens is 315 g/mol. The van der Waals surface area contributed by atoms with Crippen LogP contribution < -0.4 is 0 Å². The van der Waals surface area contributed by atoms with Crippen LogP contribution in [0.2, 0.25) is 0 Å². The average molecular weight is 334 g/mol. The summed E-state index contributed by atoms with van der Waals surface area (Å²) in [5.74, 6) is -0.160. The van der Waals surface area contributed by atoms with Crippen molar-refractivity contribution in [3.63, 3.8) is 0 Å². The average Bonchev–Trinajstić information content (AvgIpc) is 3.28. The van der Waals surface area contributed by atoms with Gasteiger partial charge in [-0.3, -0.25) is 4.90 Å². The third-order valence-corrected chi connectivity index (χ3v) is 5.42. The number of fused-ring (bicyclic) bond motifs is 2. The molecule has 0 amide bonds. The van der Waals surface area contributed by atoms with Crippen LogP contribution >= 0.6 is 0 Å². The summed E-state index contributed by atoms with van der Waals surface area (Å²) in [6.45, 7) is 1.82. The van der Waals surface area contributed by atoms with E-state index in [0.29, 0.717) is 6.04 Å². The van der Waals surface area contributed by atoms with E-state index < -0.39 is 0 Å². The molecular formula is C20H19FN4. The van der Waals surface area contributed by atoms with Crippen molar-refractivity contribution < 1.29 is 4.39 Å². The van der Waals surface area contributed by atoms with Gasteiger partial charge in [-0.05, 0) is 25.5 Å². The Balaban J connectivity index is 1.72. The van der Waals surface area contributed by atoms with Gasteiger partial charge in [-0.1, -0.05) is 53.7 Å². The Labute approximate surface area is 145 Å². The van der Waals surface area contributed by atoms with E-state index in [1.807, 2.05) is 47.1 Å². The number of hydrogen-bond acceptors (Lipinski definition) is 3. The summed E-state index contributed by atoms with van der Waals surface area (Å²) in [7, 11) is 0. The molecule has 25 heavy (non-hydrogen) atoms. The topological polar surface area (TPSA) is 34.0 Å². The van der Waals surface area contributed by atoms with Gasteiger partial charge < -0.3 is 0 Å². The molecule has 2 aliphatic rings. The highest BCUT2D eigenvalue weighted by molar-refractivity contribution is 5.63. The third-order valence-electron chi connectivity index (χ3n) is 5.42. The molecule has 0 spiro atoms. The first-order valence-corrected chi connectivity index (χ1v) is 8.82. The van der Waals surface area contributed by atoms with Gasteiger partial charge in [-0.25, -0.2) is 9.07 Å². The zero-order valence-corrected chi connectivity index (χ0v) is 13.8. The van der Waals surface area contributed by atoms with Crippen molar-refractivity contribution in [3.05, 3.63) is 71.7 Å². The molecule has 0 bridgehead atoms. The molecule has 2 atom stereocenters. The molecule has 5 heteroatoms. The van der Waals surface area contributed by atoms with E-state index in [9.17, 15) is 4.39 Å². The number of aromatic nitrogens is 3.